The van der Waals surface area contributed by atoms with Crippen LogP contribution < -0.4 is 5.14 Å². The Morgan fingerprint density at radius 1 is 1.15 bits per heavy atom. The summed E-state index contributed by atoms with van der Waals surface area (Å²) in [4.78, 5) is 6.39. The summed E-state index contributed by atoms with van der Waals surface area (Å²) in [5.74, 6) is 0.484. The summed E-state index contributed by atoms with van der Waals surface area (Å²) in [7, 11) is -1.82. The SMILES string of the molecule is CC(c1ccc(S(N)(=O)=O)cc1)N(C)Cc1nc(-c2ccc(F)cc2)no1. The normalized spacial score (nSPS) is 13.1. The fourth-order valence-corrected chi connectivity index (χ4v) is 3.09. The van der Waals surface area contributed by atoms with Crippen molar-refractivity contribution in [1.29, 1.82) is 0 Å². The van der Waals surface area contributed by atoms with Crippen LogP contribution in [0.4, 0.5) is 4.39 Å². The molecule has 9 heteroatoms. The maximum Gasteiger partial charge on any atom is 0.241 e. The summed E-state index contributed by atoms with van der Waals surface area (Å²) in [6.45, 7) is 2.37. The number of hydrogen-bond donors (Lipinski definition) is 1. The number of benzene rings is 2. The minimum absolute atomic E-state index is 0.0271. The third-order valence-corrected chi connectivity index (χ3v) is 5.24. The lowest BCUT2D eigenvalue weighted by Gasteiger charge is -2.23. The summed E-state index contributed by atoms with van der Waals surface area (Å²) in [5.41, 5.74) is 1.59. The van der Waals surface area contributed by atoms with E-state index in [0.29, 0.717) is 23.8 Å². The Kier molecular flexibility index (Phi) is 5.36. The zero-order chi connectivity index (χ0) is 19.6. The summed E-state index contributed by atoms with van der Waals surface area (Å²) < 4.78 is 41.0. The van der Waals surface area contributed by atoms with E-state index in [0.717, 1.165) is 5.56 Å². The zero-order valence-electron chi connectivity index (χ0n) is 14.8. The molecule has 0 amide bonds. The Hall–Kier alpha value is -2.62. The molecule has 0 bridgehead atoms. The number of primary sulfonamides is 1. The molecule has 27 heavy (non-hydrogen) atoms. The van der Waals surface area contributed by atoms with Gasteiger partial charge in [-0.1, -0.05) is 17.3 Å². The monoisotopic (exact) mass is 390 g/mol. The van der Waals surface area contributed by atoms with Crippen molar-refractivity contribution in [3.05, 3.63) is 65.8 Å². The van der Waals surface area contributed by atoms with Gasteiger partial charge in [-0.3, -0.25) is 4.90 Å². The first-order valence-corrected chi connectivity index (χ1v) is 9.70. The van der Waals surface area contributed by atoms with E-state index in [1.54, 1.807) is 24.3 Å². The van der Waals surface area contributed by atoms with Gasteiger partial charge in [-0.15, -0.1) is 0 Å². The summed E-state index contributed by atoms with van der Waals surface area (Å²) in [5, 5.41) is 9.04. The van der Waals surface area contributed by atoms with Gasteiger partial charge in [0.25, 0.3) is 0 Å². The van der Waals surface area contributed by atoms with E-state index in [1.165, 1.54) is 24.3 Å². The van der Waals surface area contributed by atoms with Gasteiger partial charge in [-0.25, -0.2) is 17.9 Å². The Morgan fingerprint density at radius 3 is 2.37 bits per heavy atom. The number of aromatic nitrogens is 2. The van der Waals surface area contributed by atoms with Crippen molar-refractivity contribution >= 4 is 10.0 Å². The van der Waals surface area contributed by atoms with Gasteiger partial charge in [-0.2, -0.15) is 4.98 Å². The van der Waals surface area contributed by atoms with Gasteiger partial charge in [0.05, 0.1) is 11.4 Å². The quantitative estimate of drug-likeness (QED) is 0.694. The Bertz CT molecular complexity index is 1020. The van der Waals surface area contributed by atoms with E-state index in [2.05, 4.69) is 10.1 Å². The molecule has 0 fully saturated rings. The highest BCUT2D eigenvalue weighted by atomic mass is 32.2. The molecule has 1 aromatic heterocycles. The minimum atomic E-state index is -3.71. The average Bonchev–Trinajstić information content (AvgIpc) is 3.09. The van der Waals surface area contributed by atoms with E-state index in [9.17, 15) is 12.8 Å². The number of nitrogens with two attached hydrogens (primary N) is 1. The molecule has 0 radical (unpaired) electrons. The van der Waals surface area contributed by atoms with Crippen LogP contribution in [0.2, 0.25) is 0 Å². The molecule has 0 aliphatic rings. The largest absolute Gasteiger partial charge is 0.338 e. The molecule has 142 valence electrons. The van der Waals surface area contributed by atoms with Gasteiger partial charge in [-0.05, 0) is 55.9 Å². The van der Waals surface area contributed by atoms with Crippen LogP contribution in [0.3, 0.4) is 0 Å². The summed E-state index contributed by atoms with van der Waals surface area (Å²) in [6, 6.07) is 12.2. The second-order valence-corrected chi connectivity index (χ2v) is 7.79. The average molecular weight is 390 g/mol. The van der Waals surface area contributed by atoms with Crippen molar-refractivity contribution in [3.63, 3.8) is 0 Å². The number of hydrogen-bond acceptors (Lipinski definition) is 6. The first-order chi connectivity index (χ1) is 12.7. The van der Waals surface area contributed by atoms with Crippen LogP contribution in [0.25, 0.3) is 11.4 Å². The highest BCUT2D eigenvalue weighted by Crippen LogP contribution is 2.23. The predicted molar refractivity (Wildman–Crippen MR) is 97.4 cm³/mol. The van der Waals surface area contributed by atoms with E-state index in [4.69, 9.17) is 9.66 Å². The lowest BCUT2D eigenvalue weighted by molar-refractivity contribution is 0.216. The van der Waals surface area contributed by atoms with Crippen molar-refractivity contribution in [3.8, 4) is 11.4 Å². The molecule has 7 nitrogen and oxygen atoms in total. The van der Waals surface area contributed by atoms with Crippen LogP contribution >= 0.6 is 0 Å². The number of nitrogens with zero attached hydrogens (tertiary/aromatic N) is 3. The molecule has 0 aliphatic heterocycles. The molecular formula is C18H19FN4O3S. The second kappa shape index (κ2) is 7.55. The molecule has 1 heterocycles. The van der Waals surface area contributed by atoms with Crippen molar-refractivity contribution in [2.24, 2.45) is 5.14 Å². The maximum atomic E-state index is 13.0. The molecule has 3 aromatic rings. The molecule has 2 aromatic carbocycles. The van der Waals surface area contributed by atoms with Gasteiger partial charge < -0.3 is 4.52 Å². The van der Waals surface area contributed by atoms with Crippen LogP contribution in [0.5, 0.6) is 0 Å². The highest BCUT2D eigenvalue weighted by Gasteiger charge is 2.17. The third-order valence-electron chi connectivity index (χ3n) is 4.31. The fourth-order valence-electron chi connectivity index (χ4n) is 2.58. The number of halogens is 1. The first-order valence-electron chi connectivity index (χ1n) is 8.15. The minimum Gasteiger partial charge on any atom is -0.338 e. The molecular weight excluding hydrogens is 371 g/mol. The summed E-state index contributed by atoms with van der Waals surface area (Å²) in [6.07, 6.45) is 0. The Labute approximate surface area is 156 Å². The molecule has 0 aliphatic carbocycles. The first kappa shape index (κ1) is 19.2. The van der Waals surface area contributed by atoms with Gasteiger partial charge in [0.15, 0.2) is 0 Å². The van der Waals surface area contributed by atoms with Crippen molar-refractivity contribution in [1.82, 2.24) is 15.0 Å². The lowest BCUT2D eigenvalue weighted by atomic mass is 10.1. The molecule has 2 N–H and O–H groups in total. The van der Waals surface area contributed by atoms with Crippen molar-refractivity contribution in [2.45, 2.75) is 24.4 Å². The highest BCUT2D eigenvalue weighted by molar-refractivity contribution is 7.89. The van der Waals surface area contributed by atoms with Crippen LogP contribution in [0.15, 0.2) is 57.9 Å². The fraction of sp³-hybridized carbons (Fsp3) is 0.222. The zero-order valence-corrected chi connectivity index (χ0v) is 15.6. The standard InChI is InChI=1S/C18H19FN4O3S/c1-12(13-5-9-16(10-6-13)27(20,24)25)23(2)11-17-21-18(22-26-17)14-3-7-15(19)8-4-14/h3-10,12H,11H2,1-2H3,(H2,20,24,25). The third kappa shape index (κ3) is 4.57. The molecule has 1 unspecified atom stereocenters. The Morgan fingerprint density at radius 2 is 1.78 bits per heavy atom. The molecule has 0 saturated heterocycles. The van der Waals surface area contributed by atoms with Gasteiger partial charge in [0.1, 0.15) is 5.82 Å². The van der Waals surface area contributed by atoms with Crippen LogP contribution in [0.1, 0.15) is 24.4 Å². The van der Waals surface area contributed by atoms with Crippen molar-refractivity contribution < 1.29 is 17.3 Å². The van der Waals surface area contributed by atoms with Crippen molar-refractivity contribution in [2.75, 3.05) is 7.05 Å². The lowest BCUT2D eigenvalue weighted by Crippen LogP contribution is -2.22. The van der Waals surface area contributed by atoms with Gasteiger partial charge in [0, 0.05) is 11.6 Å². The van der Waals surface area contributed by atoms with E-state index < -0.39 is 10.0 Å². The van der Waals surface area contributed by atoms with Crippen LogP contribution in [-0.4, -0.2) is 30.5 Å². The molecule has 0 spiro atoms. The molecule has 1 atom stereocenters. The maximum absolute atomic E-state index is 13.0. The van der Waals surface area contributed by atoms with Crippen LogP contribution in [-0.2, 0) is 16.6 Å². The second-order valence-electron chi connectivity index (χ2n) is 6.22. The number of rotatable bonds is 6. The molecule has 0 saturated carbocycles. The van der Waals surface area contributed by atoms with Crippen LogP contribution in [0, 0.1) is 5.82 Å². The smallest absolute Gasteiger partial charge is 0.241 e. The van der Waals surface area contributed by atoms with E-state index in [1.807, 2.05) is 18.9 Å². The van der Waals surface area contributed by atoms with E-state index >= 15 is 0 Å². The van der Waals surface area contributed by atoms with E-state index in [-0.39, 0.29) is 16.8 Å². The Balaban J connectivity index is 1.69. The predicted octanol–water partition coefficient (Wildman–Crippen LogP) is 2.72. The number of sulfonamides is 1. The topological polar surface area (TPSA) is 102 Å². The summed E-state index contributed by atoms with van der Waals surface area (Å²) >= 11 is 0. The molecule has 3 rings (SSSR count). The van der Waals surface area contributed by atoms with Gasteiger partial charge in [0.2, 0.25) is 21.7 Å². The van der Waals surface area contributed by atoms with Gasteiger partial charge >= 0.3 is 0 Å².